The van der Waals surface area contributed by atoms with Crippen LogP contribution in [-0.2, 0) is 11.2 Å². The molecule has 1 N–H and O–H groups in total. The summed E-state index contributed by atoms with van der Waals surface area (Å²) >= 11 is 0. The van der Waals surface area contributed by atoms with E-state index in [1.54, 1.807) is 4.90 Å². The van der Waals surface area contributed by atoms with E-state index in [4.69, 9.17) is 14.6 Å². The maximum atomic E-state index is 12.5. The Kier molecular flexibility index (Phi) is 5.84. The lowest BCUT2D eigenvalue weighted by atomic mass is 9.91. The summed E-state index contributed by atoms with van der Waals surface area (Å²) in [6, 6.07) is 5.17. The van der Waals surface area contributed by atoms with Crippen LogP contribution in [0.15, 0.2) is 24.5 Å². The third-order valence-electron chi connectivity index (χ3n) is 7.34. The molecule has 0 bridgehead atoms. The van der Waals surface area contributed by atoms with Gasteiger partial charge in [-0.1, -0.05) is 0 Å². The summed E-state index contributed by atoms with van der Waals surface area (Å²) in [4.78, 5) is 14.3. The van der Waals surface area contributed by atoms with E-state index >= 15 is 0 Å². The Bertz CT molecular complexity index is 984. The first-order chi connectivity index (χ1) is 15.5. The lowest BCUT2D eigenvalue weighted by Crippen LogP contribution is -2.42. The zero-order valence-electron chi connectivity index (χ0n) is 19.3. The van der Waals surface area contributed by atoms with Gasteiger partial charge in [0.15, 0.2) is 0 Å². The van der Waals surface area contributed by atoms with Gasteiger partial charge in [-0.2, -0.15) is 5.10 Å². The summed E-state index contributed by atoms with van der Waals surface area (Å²) in [6.45, 7) is 5.33. The minimum absolute atomic E-state index is 0.0991. The Morgan fingerprint density at radius 1 is 1.19 bits per heavy atom. The molecule has 1 aliphatic carbocycles. The van der Waals surface area contributed by atoms with Crippen LogP contribution < -0.4 is 15.0 Å². The van der Waals surface area contributed by atoms with Gasteiger partial charge < -0.3 is 14.8 Å². The highest BCUT2D eigenvalue weighted by Gasteiger charge is 2.33. The molecule has 172 valence electrons. The molecule has 2 aromatic rings. The average Bonchev–Trinajstić information content (AvgIpc) is 3.25. The molecule has 0 unspecified atom stereocenters. The molecule has 1 saturated heterocycles. The number of carbonyl (C=O) groups is 1. The van der Waals surface area contributed by atoms with Crippen LogP contribution in [0.25, 0.3) is 11.1 Å². The van der Waals surface area contributed by atoms with E-state index in [9.17, 15) is 4.79 Å². The van der Waals surface area contributed by atoms with Crippen molar-refractivity contribution in [3.8, 4) is 16.9 Å². The number of hydrogen-bond donors (Lipinski definition) is 1. The van der Waals surface area contributed by atoms with Crippen molar-refractivity contribution >= 4 is 11.8 Å². The zero-order chi connectivity index (χ0) is 22.2. The largest absolute Gasteiger partial charge is 0.489 e. The van der Waals surface area contributed by atoms with Gasteiger partial charge in [-0.15, -0.1) is 0 Å². The number of benzene rings is 1. The number of rotatable bonds is 4. The monoisotopic (exact) mass is 438 g/mol. The Morgan fingerprint density at radius 2 is 2.03 bits per heavy atom. The molecular weight excluding hydrogens is 404 g/mol. The quantitative estimate of drug-likeness (QED) is 0.749. The molecule has 1 amide bonds. The first-order valence-electron chi connectivity index (χ1n) is 12.0. The molecule has 5 rings (SSSR count). The minimum Gasteiger partial charge on any atom is -0.489 e. The maximum absolute atomic E-state index is 12.5. The van der Waals surface area contributed by atoms with Crippen molar-refractivity contribution in [3.63, 3.8) is 0 Å². The Morgan fingerprint density at radius 3 is 2.75 bits per heavy atom. The summed E-state index contributed by atoms with van der Waals surface area (Å²) < 4.78 is 13.8. The second-order valence-electron chi connectivity index (χ2n) is 9.58. The predicted octanol–water partition coefficient (Wildman–Crippen LogP) is 4.70. The first kappa shape index (κ1) is 21.3. The van der Waals surface area contributed by atoms with E-state index in [1.807, 2.05) is 6.20 Å². The second-order valence-corrected chi connectivity index (χ2v) is 9.58. The molecule has 7 heteroatoms. The van der Waals surface area contributed by atoms with E-state index in [1.165, 1.54) is 13.5 Å². The number of nitrogens with zero attached hydrogens (tertiary/aromatic N) is 3. The molecule has 3 heterocycles. The molecule has 0 radical (unpaired) electrons. The van der Waals surface area contributed by atoms with Crippen LogP contribution in [0.3, 0.4) is 0 Å². The Hall–Kier alpha value is -2.54. The molecule has 2 fully saturated rings. The standard InChI is InChI=1S/C25H34N4O3/c1-16-13-19(11-12-26-16)28-15-18(14-27-28)21-9-10-23-22(24(21)32-20-5-4-6-20)8-7-17(2)29(23)25(30)31-3/h9-10,14-17,19-20,26H,4-8,11-13H2,1-3H3/t16-,17+,19-/m1/s1. The van der Waals surface area contributed by atoms with Crippen LogP contribution in [0.2, 0.25) is 0 Å². The van der Waals surface area contributed by atoms with E-state index in [2.05, 4.69) is 42.2 Å². The number of ether oxygens (including phenoxy) is 2. The molecule has 32 heavy (non-hydrogen) atoms. The predicted molar refractivity (Wildman–Crippen MR) is 124 cm³/mol. The third kappa shape index (κ3) is 3.87. The zero-order valence-corrected chi connectivity index (χ0v) is 19.3. The fourth-order valence-corrected chi connectivity index (χ4v) is 5.22. The number of aromatic nitrogens is 2. The highest BCUT2D eigenvalue weighted by atomic mass is 16.5. The smallest absolute Gasteiger partial charge is 0.414 e. The van der Waals surface area contributed by atoms with Crippen LogP contribution in [0.4, 0.5) is 10.5 Å². The molecule has 1 saturated carbocycles. The number of nitrogens with one attached hydrogen (secondary N) is 1. The Labute approximate surface area is 190 Å². The van der Waals surface area contributed by atoms with Gasteiger partial charge in [-0.05, 0) is 77.5 Å². The minimum atomic E-state index is -0.311. The number of carbonyl (C=O) groups excluding carboxylic acids is 1. The van der Waals surface area contributed by atoms with Gasteiger partial charge in [0.25, 0.3) is 0 Å². The van der Waals surface area contributed by atoms with Crippen LogP contribution in [0.1, 0.15) is 64.0 Å². The maximum Gasteiger partial charge on any atom is 0.414 e. The van der Waals surface area contributed by atoms with Gasteiger partial charge >= 0.3 is 6.09 Å². The number of amides is 1. The number of piperidine rings is 1. The van der Waals surface area contributed by atoms with Gasteiger partial charge in [-0.3, -0.25) is 9.58 Å². The van der Waals surface area contributed by atoms with Gasteiger partial charge in [-0.25, -0.2) is 4.79 Å². The van der Waals surface area contributed by atoms with Crippen LogP contribution in [0, 0.1) is 0 Å². The lowest BCUT2D eigenvalue weighted by molar-refractivity contribution is 0.119. The normalized spacial score (nSPS) is 25.7. The fourth-order valence-electron chi connectivity index (χ4n) is 5.22. The molecule has 1 aromatic heterocycles. The molecular formula is C25H34N4O3. The number of methoxy groups -OCH3 is 1. The van der Waals surface area contributed by atoms with Gasteiger partial charge in [0, 0.05) is 35.0 Å². The van der Waals surface area contributed by atoms with Crippen LogP contribution in [-0.4, -0.2) is 47.7 Å². The van der Waals surface area contributed by atoms with E-state index in [0.717, 1.165) is 73.2 Å². The average molecular weight is 439 g/mol. The van der Waals surface area contributed by atoms with Crippen molar-refractivity contribution in [1.29, 1.82) is 0 Å². The van der Waals surface area contributed by atoms with Crippen molar-refractivity contribution in [2.24, 2.45) is 0 Å². The van der Waals surface area contributed by atoms with Crippen molar-refractivity contribution < 1.29 is 14.3 Å². The first-order valence-corrected chi connectivity index (χ1v) is 12.0. The molecule has 3 atom stereocenters. The topological polar surface area (TPSA) is 68.6 Å². The number of hydrogen-bond acceptors (Lipinski definition) is 5. The van der Waals surface area contributed by atoms with Crippen molar-refractivity contribution in [2.45, 2.75) is 83.0 Å². The number of fused-ring (bicyclic) bond motifs is 1. The summed E-state index contributed by atoms with van der Waals surface area (Å²) in [6.07, 6.45) is 11.4. The molecule has 7 nitrogen and oxygen atoms in total. The van der Waals surface area contributed by atoms with Gasteiger partial charge in [0.05, 0.1) is 31.1 Å². The molecule has 2 aliphatic heterocycles. The Balaban J connectivity index is 1.53. The van der Waals surface area contributed by atoms with Crippen molar-refractivity contribution in [3.05, 3.63) is 30.1 Å². The second kappa shape index (κ2) is 8.77. The fraction of sp³-hybridized carbons (Fsp3) is 0.600. The molecule has 0 spiro atoms. The summed E-state index contributed by atoms with van der Waals surface area (Å²) in [5, 5.41) is 8.25. The van der Waals surface area contributed by atoms with Gasteiger partial charge in [0.2, 0.25) is 0 Å². The highest BCUT2D eigenvalue weighted by Crippen LogP contribution is 2.45. The van der Waals surface area contributed by atoms with Crippen LogP contribution >= 0.6 is 0 Å². The summed E-state index contributed by atoms with van der Waals surface area (Å²) in [7, 11) is 1.44. The number of anilines is 1. The lowest BCUT2D eigenvalue weighted by Gasteiger charge is -2.37. The van der Waals surface area contributed by atoms with Crippen molar-refractivity contribution in [2.75, 3.05) is 18.6 Å². The van der Waals surface area contributed by atoms with E-state index in [-0.39, 0.29) is 18.2 Å². The van der Waals surface area contributed by atoms with Gasteiger partial charge in [0.1, 0.15) is 5.75 Å². The SMILES string of the molecule is COC(=O)N1c2ccc(-c3cnn([C@@H]4CCN[C@H](C)C4)c3)c(OC3CCC3)c2CC[C@@H]1C. The molecule has 1 aromatic carbocycles. The third-order valence-corrected chi connectivity index (χ3v) is 7.34. The molecule has 3 aliphatic rings. The van der Waals surface area contributed by atoms with E-state index in [0.29, 0.717) is 12.1 Å². The summed E-state index contributed by atoms with van der Waals surface area (Å²) in [5.41, 5.74) is 4.18. The van der Waals surface area contributed by atoms with Crippen LogP contribution in [0.5, 0.6) is 5.75 Å². The summed E-state index contributed by atoms with van der Waals surface area (Å²) in [5.74, 6) is 0.922. The van der Waals surface area contributed by atoms with E-state index < -0.39 is 0 Å². The highest BCUT2D eigenvalue weighted by molar-refractivity contribution is 5.92. The van der Waals surface area contributed by atoms with Crippen molar-refractivity contribution in [1.82, 2.24) is 15.1 Å².